The summed E-state index contributed by atoms with van der Waals surface area (Å²) in [6.45, 7) is 1.84. The lowest BCUT2D eigenvalue weighted by Gasteiger charge is -2.24. The van der Waals surface area contributed by atoms with Crippen molar-refractivity contribution >= 4 is 46.6 Å². The standard InChI is InChI=1S/C20H17Cl2N3O2S/c1-12-18(19(27)25(23(12)2)14-6-4-3-5-7-14)24-17(26)11-28-20(24)15-9-8-13(21)10-16(15)22/h3-10,20H,11H2,1-2H3/t20-/m1/s1. The van der Waals surface area contributed by atoms with Crippen molar-refractivity contribution < 1.29 is 4.79 Å². The Morgan fingerprint density at radius 2 is 1.79 bits per heavy atom. The van der Waals surface area contributed by atoms with Gasteiger partial charge >= 0.3 is 0 Å². The van der Waals surface area contributed by atoms with Gasteiger partial charge in [0.2, 0.25) is 5.91 Å². The number of thioether (sulfide) groups is 1. The van der Waals surface area contributed by atoms with Gasteiger partial charge in [0.05, 0.1) is 17.1 Å². The zero-order chi connectivity index (χ0) is 20.0. The van der Waals surface area contributed by atoms with Crippen molar-refractivity contribution in [1.29, 1.82) is 0 Å². The van der Waals surface area contributed by atoms with E-state index in [-0.39, 0.29) is 22.6 Å². The Hall–Kier alpha value is -2.15. The smallest absolute Gasteiger partial charge is 0.288 e. The van der Waals surface area contributed by atoms with Crippen LogP contribution >= 0.6 is 35.0 Å². The van der Waals surface area contributed by atoms with Crippen LogP contribution in [-0.4, -0.2) is 21.0 Å². The molecule has 5 nitrogen and oxygen atoms in total. The first-order chi connectivity index (χ1) is 13.4. The Morgan fingerprint density at radius 1 is 1.07 bits per heavy atom. The molecular weight excluding hydrogens is 417 g/mol. The molecule has 144 valence electrons. The number of hydrogen-bond acceptors (Lipinski definition) is 3. The van der Waals surface area contributed by atoms with Crippen LogP contribution in [0.1, 0.15) is 16.6 Å². The highest BCUT2D eigenvalue weighted by molar-refractivity contribution is 8.00. The largest absolute Gasteiger partial charge is 0.295 e. The molecule has 1 amide bonds. The summed E-state index contributed by atoms with van der Waals surface area (Å²) in [5, 5.41) is 0.619. The lowest BCUT2D eigenvalue weighted by molar-refractivity contribution is -0.115. The lowest BCUT2D eigenvalue weighted by atomic mass is 10.2. The quantitative estimate of drug-likeness (QED) is 0.607. The summed E-state index contributed by atoms with van der Waals surface area (Å²) in [4.78, 5) is 27.7. The van der Waals surface area contributed by atoms with Gasteiger partial charge in [-0.15, -0.1) is 11.8 Å². The zero-order valence-electron chi connectivity index (χ0n) is 15.2. The Kier molecular flexibility index (Phi) is 5.04. The lowest BCUT2D eigenvalue weighted by Crippen LogP contribution is -2.33. The second-order valence-electron chi connectivity index (χ2n) is 6.50. The van der Waals surface area contributed by atoms with Crippen molar-refractivity contribution in [1.82, 2.24) is 9.36 Å². The maximum Gasteiger partial charge on any atom is 0.295 e. The summed E-state index contributed by atoms with van der Waals surface area (Å²) >= 11 is 13.9. The van der Waals surface area contributed by atoms with E-state index in [1.54, 1.807) is 26.4 Å². The van der Waals surface area contributed by atoms with Crippen LogP contribution in [0.25, 0.3) is 5.69 Å². The number of carbonyl (C=O) groups excluding carboxylic acids is 1. The highest BCUT2D eigenvalue weighted by atomic mass is 35.5. The van der Waals surface area contributed by atoms with Gasteiger partial charge in [-0.3, -0.25) is 19.2 Å². The first-order valence-corrected chi connectivity index (χ1v) is 10.4. The number of halogens is 2. The van der Waals surface area contributed by atoms with Crippen molar-refractivity contribution in [2.24, 2.45) is 7.05 Å². The maximum absolute atomic E-state index is 13.3. The first-order valence-electron chi connectivity index (χ1n) is 8.62. The number of carbonyl (C=O) groups is 1. The second kappa shape index (κ2) is 7.35. The number of rotatable bonds is 3. The van der Waals surface area contributed by atoms with E-state index in [1.807, 2.05) is 50.4 Å². The van der Waals surface area contributed by atoms with Crippen LogP contribution in [0, 0.1) is 6.92 Å². The molecule has 1 aliphatic rings. The van der Waals surface area contributed by atoms with Crippen LogP contribution < -0.4 is 10.5 Å². The summed E-state index contributed by atoms with van der Waals surface area (Å²) < 4.78 is 3.34. The molecular formula is C20H17Cl2N3O2S. The molecule has 0 spiro atoms. The maximum atomic E-state index is 13.3. The molecule has 4 rings (SSSR count). The Labute approximate surface area is 176 Å². The average molecular weight is 434 g/mol. The molecule has 2 aromatic carbocycles. The predicted molar refractivity (Wildman–Crippen MR) is 115 cm³/mol. The van der Waals surface area contributed by atoms with Crippen LogP contribution in [0.15, 0.2) is 53.3 Å². The third-order valence-electron chi connectivity index (χ3n) is 4.86. The molecule has 8 heteroatoms. The van der Waals surface area contributed by atoms with Crippen LogP contribution in [0.5, 0.6) is 0 Å². The van der Waals surface area contributed by atoms with Crippen LogP contribution in [0.2, 0.25) is 10.0 Å². The minimum absolute atomic E-state index is 0.118. The number of anilines is 1. The number of hydrogen-bond donors (Lipinski definition) is 0. The van der Waals surface area contributed by atoms with E-state index in [2.05, 4.69) is 0 Å². The highest BCUT2D eigenvalue weighted by Gasteiger charge is 2.39. The van der Waals surface area contributed by atoms with Crippen LogP contribution in [0.3, 0.4) is 0 Å². The van der Waals surface area contributed by atoms with Crippen molar-refractivity contribution in [2.45, 2.75) is 12.3 Å². The van der Waals surface area contributed by atoms with Gasteiger partial charge in [-0.2, -0.15) is 0 Å². The topological polar surface area (TPSA) is 47.2 Å². The Bertz CT molecular complexity index is 1120. The number of para-hydroxylation sites is 1. The molecule has 0 radical (unpaired) electrons. The molecule has 1 aliphatic heterocycles. The third kappa shape index (κ3) is 3.05. The summed E-state index contributed by atoms with van der Waals surface area (Å²) in [6, 6.07) is 14.6. The van der Waals surface area contributed by atoms with Gasteiger partial charge < -0.3 is 0 Å². The van der Waals surface area contributed by atoms with Crippen molar-refractivity contribution in [2.75, 3.05) is 10.7 Å². The molecule has 1 atom stereocenters. The van der Waals surface area contributed by atoms with E-state index < -0.39 is 0 Å². The number of nitrogens with zero attached hydrogens (tertiary/aromatic N) is 3. The number of benzene rings is 2. The van der Waals surface area contributed by atoms with E-state index in [4.69, 9.17) is 23.2 Å². The summed E-state index contributed by atoms with van der Waals surface area (Å²) in [6.07, 6.45) is 0. The summed E-state index contributed by atoms with van der Waals surface area (Å²) in [5.41, 5.74) is 2.34. The molecule has 1 fully saturated rings. The fourth-order valence-electron chi connectivity index (χ4n) is 3.43. The van der Waals surface area contributed by atoms with Gasteiger partial charge in [0.1, 0.15) is 11.1 Å². The molecule has 0 saturated carbocycles. The average Bonchev–Trinajstić information content (AvgIpc) is 3.13. The van der Waals surface area contributed by atoms with Crippen molar-refractivity contribution in [3.05, 3.63) is 80.2 Å². The normalized spacial score (nSPS) is 16.8. The fraction of sp³-hybridized carbons (Fsp3) is 0.200. The molecule has 3 aromatic rings. The zero-order valence-corrected chi connectivity index (χ0v) is 17.6. The minimum atomic E-state index is -0.379. The SMILES string of the molecule is Cc1c(N2C(=O)CS[C@@H]2c2ccc(Cl)cc2Cl)c(=O)n(-c2ccccc2)n1C. The van der Waals surface area contributed by atoms with E-state index in [0.29, 0.717) is 21.4 Å². The second-order valence-corrected chi connectivity index (χ2v) is 8.42. The molecule has 0 aliphatic carbocycles. The molecule has 0 bridgehead atoms. The van der Waals surface area contributed by atoms with Gasteiger partial charge in [0, 0.05) is 22.7 Å². The first kappa shape index (κ1) is 19.2. The third-order valence-corrected chi connectivity index (χ3v) is 6.62. The van der Waals surface area contributed by atoms with Gasteiger partial charge in [-0.1, -0.05) is 47.5 Å². The minimum Gasteiger partial charge on any atom is -0.288 e. The van der Waals surface area contributed by atoms with Gasteiger partial charge in [0.25, 0.3) is 5.56 Å². The van der Waals surface area contributed by atoms with Crippen molar-refractivity contribution in [3.8, 4) is 5.69 Å². The molecule has 1 saturated heterocycles. The van der Waals surface area contributed by atoms with Gasteiger partial charge in [0.15, 0.2) is 0 Å². The number of aromatic nitrogens is 2. The molecule has 1 aromatic heterocycles. The Morgan fingerprint density at radius 3 is 2.46 bits per heavy atom. The summed E-state index contributed by atoms with van der Waals surface area (Å²) in [5.74, 6) is 0.162. The monoisotopic (exact) mass is 433 g/mol. The van der Waals surface area contributed by atoms with Gasteiger partial charge in [-0.25, -0.2) is 4.68 Å². The van der Waals surface area contributed by atoms with Gasteiger partial charge in [-0.05, 0) is 31.2 Å². The van der Waals surface area contributed by atoms with E-state index >= 15 is 0 Å². The van der Waals surface area contributed by atoms with Crippen LogP contribution in [-0.2, 0) is 11.8 Å². The van der Waals surface area contributed by atoms with E-state index in [9.17, 15) is 9.59 Å². The van der Waals surface area contributed by atoms with E-state index in [1.165, 1.54) is 11.8 Å². The molecule has 2 heterocycles. The molecule has 0 N–H and O–H groups in total. The number of amides is 1. The van der Waals surface area contributed by atoms with Crippen molar-refractivity contribution in [3.63, 3.8) is 0 Å². The molecule has 0 unspecified atom stereocenters. The fourth-order valence-corrected chi connectivity index (χ4v) is 5.20. The molecule has 28 heavy (non-hydrogen) atoms. The predicted octanol–water partition coefficient (Wildman–Crippen LogP) is 4.57. The summed E-state index contributed by atoms with van der Waals surface area (Å²) in [7, 11) is 1.81. The highest BCUT2D eigenvalue weighted by Crippen LogP contribution is 2.44. The Balaban J connectivity index is 1.88. The van der Waals surface area contributed by atoms with E-state index in [0.717, 1.165) is 11.3 Å². The van der Waals surface area contributed by atoms with Crippen LogP contribution in [0.4, 0.5) is 5.69 Å².